The van der Waals surface area contributed by atoms with Crippen LogP contribution < -0.4 is 14.8 Å². The van der Waals surface area contributed by atoms with E-state index in [4.69, 9.17) is 9.47 Å². The lowest BCUT2D eigenvalue weighted by Gasteiger charge is -2.30. The molecule has 2 aromatic carbocycles. The summed E-state index contributed by atoms with van der Waals surface area (Å²) in [4.78, 5) is 27.7. The fourth-order valence-corrected chi connectivity index (χ4v) is 3.28. The number of aryl methyl sites for hydroxylation is 1. The Morgan fingerprint density at radius 3 is 2.59 bits per heavy atom. The van der Waals surface area contributed by atoms with Gasteiger partial charge in [0.05, 0.1) is 5.56 Å². The van der Waals surface area contributed by atoms with E-state index in [1.165, 1.54) is 0 Å². The zero-order chi connectivity index (χ0) is 21.0. The lowest BCUT2D eigenvalue weighted by atomic mass is 10.1. The Balaban J connectivity index is 1.82. The second-order valence-corrected chi connectivity index (χ2v) is 7.32. The van der Waals surface area contributed by atoms with E-state index in [-0.39, 0.29) is 24.4 Å². The van der Waals surface area contributed by atoms with Gasteiger partial charge in [0.2, 0.25) is 5.91 Å². The molecule has 0 aromatic heterocycles. The molecule has 2 amide bonds. The summed E-state index contributed by atoms with van der Waals surface area (Å²) < 4.78 is 11.3. The monoisotopic (exact) mass is 396 g/mol. The van der Waals surface area contributed by atoms with E-state index in [9.17, 15) is 9.59 Å². The minimum atomic E-state index is -0.238. The molecule has 0 spiro atoms. The Kier molecular flexibility index (Phi) is 6.42. The molecule has 0 saturated carbocycles. The number of carbonyl (C=O) groups excluding carboxylic acids is 2. The first-order valence-electron chi connectivity index (χ1n) is 9.98. The molecule has 6 nitrogen and oxygen atoms in total. The van der Waals surface area contributed by atoms with E-state index < -0.39 is 0 Å². The molecule has 0 aliphatic carbocycles. The third-order valence-corrected chi connectivity index (χ3v) is 5.37. The topological polar surface area (TPSA) is 67.9 Å². The van der Waals surface area contributed by atoms with Crippen LogP contribution in [-0.4, -0.2) is 42.5 Å². The van der Waals surface area contributed by atoms with Gasteiger partial charge in [-0.05, 0) is 56.5 Å². The van der Waals surface area contributed by atoms with Gasteiger partial charge in [-0.2, -0.15) is 0 Å². The number of anilines is 1. The molecule has 6 heteroatoms. The van der Waals surface area contributed by atoms with E-state index in [0.717, 1.165) is 23.2 Å². The minimum Gasteiger partial charge on any atom is -0.486 e. The summed E-state index contributed by atoms with van der Waals surface area (Å²) in [6.07, 6.45) is 0.731. The van der Waals surface area contributed by atoms with Gasteiger partial charge in [0.1, 0.15) is 19.8 Å². The average molecular weight is 396 g/mol. The molecule has 2 aromatic rings. The lowest BCUT2D eigenvalue weighted by Crippen LogP contribution is -2.43. The largest absolute Gasteiger partial charge is 0.486 e. The van der Waals surface area contributed by atoms with Gasteiger partial charge < -0.3 is 19.7 Å². The van der Waals surface area contributed by atoms with Crippen LogP contribution in [0.5, 0.6) is 11.5 Å². The zero-order valence-corrected chi connectivity index (χ0v) is 17.5. The number of carbonyl (C=O) groups is 2. The maximum Gasteiger partial charge on any atom is 0.258 e. The number of amides is 2. The number of fused-ring (bicyclic) bond motifs is 1. The van der Waals surface area contributed by atoms with Crippen molar-refractivity contribution in [3.8, 4) is 11.5 Å². The smallest absolute Gasteiger partial charge is 0.258 e. The molecule has 3 rings (SSSR count). The van der Waals surface area contributed by atoms with Crippen LogP contribution in [0.25, 0.3) is 0 Å². The molecule has 1 heterocycles. The third-order valence-electron chi connectivity index (χ3n) is 5.37. The standard InChI is InChI=1S/C23H28N2O4/c1-5-16(3)25(14-21(26)24-19-10-6-8-15(2)17(19)4)23(27)18-9-7-11-20-22(18)29-13-12-28-20/h6-11,16H,5,12-14H2,1-4H3,(H,24,26). The van der Waals surface area contributed by atoms with Crippen molar-refractivity contribution < 1.29 is 19.1 Å². The highest BCUT2D eigenvalue weighted by Crippen LogP contribution is 2.34. The Hall–Kier alpha value is -3.02. The van der Waals surface area contributed by atoms with Crippen LogP contribution >= 0.6 is 0 Å². The van der Waals surface area contributed by atoms with Gasteiger partial charge >= 0.3 is 0 Å². The predicted molar refractivity (Wildman–Crippen MR) is 113 cm³/mol. The summed E-state index contributed by atoms with van der Waals surface area (Å²) >= 11 is 0. The number of nitrogens with one attached hydrogen (secondary N) is 1. The minimum absolute atomic E-state index is 0.0360. The third kappa shape index (κ3) is 4.53. The highest BCUT2D eigenvalue weighted by atomic mass is 16.6. The molecule has 29 heavy (non-hydrogen) atoms. The van der Waals surface area contributed by atoms with Crippen molar-refractivity contribution >= 4 is 17.5 Å². The number of para-hydroxylation sites is 1. The second-order valence-electron chi connectivity index (χ2n) is 7.32. The van der Waals surface area contributed by atoms with Crippen LogP contribution in [-0.2, 0) is 4.79 Å². The van der Waals surface area contributed by atoms with Gasteiger partial charge in [0, 0.05) is 11.7 Å². The van der Waals surface area contributed by atoms with Crippen LogP contribution in [0.15, 0.2) is 36.4 Å². The molecular formula is C23H28N2O4. The first-order valence-corrected chi connectivity index (χ1v) is 9.98. The van der Waals surface area contributed by atoms with E-state index in [2.05, 4.69) is 5.32 Å². The van der Waals surface area contributed by atoms with Crippen LogP contribution in [0.2, 0.25) is 0 Å². The highest BCUT2D eigenvalue weighted by molar-refractivity contribution is 6.01. The Bertz CT molecular complexity index is 910. The Morgan fingerprint density at radius 2 is 1.83 bits per heavy atom. The lowest BCUT2D eigenvalue weighted by molar-refractivity contribution is -0.117. The number of benzene rings is 2. The maximum absolute atomic E-state index is 13.3. The fraction of sp³-hybridized carbons (Fsp3) is 0.391. The van der Waals surface area contributed by atoms with Gasteiger partial charge in [0.15, 0.2) is 11.5 Å². The van der Waals surface area contributed by atoms with Crippen LogP contribution in [0.1, 0.15) is 41.8 Å². The van der Waals surface area contributed by atoms with Gasteiger partial charge in [-0.25, -0.2) is 0 Å². The van der Waals surface area contributed by atoms with Crippen molar-refractivity contribution in [1.82, 2.24) is 4.90 Å². The van der Waals surface area contributed by atoms with Gasteiger partial charge in [-0.1, -0.05) is 25.1 Å². The second kappa shape index (κ2) is 8.99. The van der Waals surface area contributed by atoms with Gasteiger partial charge in [0.25, 0.3) is 5.91 Å². The summed E-state index contributed by atoms with van der Waals surface area (Å²) in [5.41, 5.74) is 3.30. The molecular weight excluding hydrogens is 368 g/mol. The van der Waals surface area contributed by atoms with Gasteiger partial charge in [-0.15, -0.1) is 0 Å². The average Bonchev–Trinajstić information content (AvgIpc) is 2.74. The van der Waals surface area contributed by atoms with Crippen LogP contribution in [0.4, 0.5) is 5.69 Å². The van der Waals surface area contributed by atoms with Crippen LogP contribution in [0.3, 0.4) is 0 Å². The zero-order valence-electron chi connectivity index (χ0n) is 17.5. The van der Waals surface area contributed by atoms with E-state index in [1.54, 1.807) is 23.1 Å². The molecule has 1 atom stereocenters. The number of hydrogen-bond donors (Lipinski definition) is 1. The summed E-state index contributed by atoms with van der Waals surface area (Å²) in [6.45, 7) is 8.72. The predicted octanol–water partition coefficient (Wildman–Crippen LogP) is 3.95. The van der Waals surface area contributed by atoms with Crippen LogP contribution in [0, 0.1) is 13.8 Å². The maximum atomic E-state index is 13.3. The summed E-state index contributed by atoms with van der Waals surface area (Å²) in [5, 5.41) is 2.94. The number of ether oxygens (including phenoxy) is 2. The summed E-state index contributed by atoms with van der Waals surface area (Å²) in [5.74, 6) is 0.546. The van der Waals surface area contributed by atoms with Crippen molar-refractivity contribution in [3.05, 3.63) is 53.1 Å². The quantitative estimate of drug-likeness (QED) is 0.803. The molecule has 0 saturated heterocycles. The molecule has 1 N–H and O–H groups in total. The first-order chi connectivity index (χ1) is 13.9. The number of hydrogen-bond acceptors (Lipinski definition) is 4. The normalized spacial score (nSPS) is 13.5. The molecule has 0 fully saturated rings. The Labute approximate surface area is 171 Å². The van der Waals surface area contributed by atoms with Crippen molar-refractivity contribution in [3.63, 3.8) is 0 Å². The van der Waals surface area contributed by atoms with Crippen molar-refractivity contribution in [1.29, 1.82) is 0 Å². The SMILES string of the molecule is CCC(C)N(CC(=O)Nc1cccc(C)c1C)C(=O)c1cccc2c1OCCO2. The molecule has 0 radical (unpaired) electrons. The van der Waals surface area contributed by atoms with E-state index >= 15 is 0 Å². The van der Waals surface area contributed by atoms with E-state index in [0.29, 0.717) is 30.3 Å². The highest BCUT2D eigenvalue weighted by Gasteiger charge is 2.28. The van der Waals surface area contributed by atoms with Crippen molar-refractivity contribution in [2.75, 3.05) is 25.1 Å². The molecule has 0 bridgehead atoms. The van der Waals surface area contributed by atoms with E-state index in [1.807, 2.05) is 45.9 Å². The summed E-state index contributed by atoms with van der Waals surface area (Å²) in [6, 6.07) is 10.9. The molecule has 1 aliphatic rings. The molecule has 1 unspecified atom stereocenters. The first kappa shape index (κ1) is 20.7. The molecule has 154 valence electrons. The number of rotatable bonds is 6. The summed E-state index contributed by atoms with van der Waals surface area (Å²) in [7, 11) is 0. The van der Waals surface area contributed by atoms with Crippen molar-refractivity contribution in [2.24, 2.45) is 0 Å². The number of nitrogens with zero attached hydrogens (tertiary/aromatic N) is 1. The van der Waals surface area contributed by atoms with Crippen molar-refractivity contribution in [2.45, 2.75) is 40.2 Å². The van der Waals surface area contributed by atoms with Gasteiger partial charge in [-0.3, -0.25) is 9.59 Å². The fourth-order valence-electron chi connectivity index (χ4n) is 3.28. The Morgan fingerprint density at radius 1 is 1.10 bits per heavy atom. The molecule has 1 aliphatic heterocycles.